The maximum absolute atomic E-state index is 4.52. The first-order valence-electron chi connectivity index (χ1n) is 7.01. The molecule has 0 bridgehead atoms. The molecule has 2 heterocycles. The fourth-order valence-electron chi connectivity index (χ4n) is 2.40. The zero-order valence-electron chi connectivity index (χ0n) is 12.5. The average molecular weight is 297 g/mol. The van der Waals surface area contributed by atoms with Crippen molar-refractivity contribution in [3.05, 3.63) is 53.5 Å². The van der Waals surface area contributed by atoms with Crippen molar-refractivity contribution in [2.24, 2.45) is 0 Å². The number of para-hydroxylation sites is 2. The molecule has 4 heteroatoms. The minimum Gasteiger partial charge on any atom is -0.377 e. The van der Waals surface area contributed by atoms with Gasteiger partial charge in [0.1, 0.15) is 0 Å². The minimum atomic E-state index is 0.213. The Morgan fingerprint density at radius 2 is 2.00 bits per heavy atom. The molecule has 108 valence electrons. The molecule has 0 saturated heterocycles. The first kappa shape index (κ1) is 13.9. The van der Waals surface area contributed by atoms with Crippen LogP contribution in [0.25, 0.3) is 10.2 Å². The number of fused-ring (bicyclic) bond motifs is 1. The lowest BCUT2D eigenvalue weighted by Gasteiger charge is -2.22. The molecule has 0 radical (unpaired) electrons. The number of thiophene rings is 1. The highest BCUT2D eigenvalue weighted by molar-refractivity contribution is 7.17. The minimum absolute atomic E-state index is 0.213. The van der Waals surface area contributed by atoms with Crippen molar-refractivity contribution < 1.29 is 0 Å². The third-order valence-electron chi connectivity index (χ3n) is 3.58. The van der Waals surface area contributed by atoms with Gasteiger partial charge in [-0.15, -0.1) is 11.3 Å². The van der Waals surface area contributed by atoms with Gasteiger partial charge in [-0.25, -0.2) is 0 Å². The Bertz CT molecular complexity index is 748. The van der Waals surface area contributed by atoms with E-state index in [1.807, 2.05) is 6.20 Å². The van der Waals surface area contributed by atoms with Gasteiger partial charge < -0.3 is 10.2 Å². The Morgan fingerprint density at radius 3 is 2.81 bits per heavy atom. The molecule has 0 saturated carbocycles. The summed E-state index contributed by atoms with van der Waals surface area (Å²) in [5.41, 5.74) is 4.61. The van der Waals surface area contributed by atoms with Gasteiger partial charge in [-0.1, -0.05) is 12.1 Å². The van der Waals surface area contributed by atoms with Crippen molar-refractivity contribution in [2.75, 3.05) is 24.3 Å². The summed E-state index contributed by atoms with van der Waals surface area (Å²) in [6.45, 7) is 2.17. The second-order valence-electron chi connectivity index (χ2n) is 5.35. The van der Waals surface area contributed by atoms with Crippen molar-refractivity contribution in [3.63, 3.8) is 0 Å². The molecule has 0 aliphatic carbocycles. The lowest BCUT2D eigenvalue weighted by molar-refractivity contribution is 0.878. The van der Waals surface area contributed by atoms with E-state index in [1.165, 1.54) is 16.0 Å². The molecule has 3 rings (SSSR count). The van der Waals surface area contributed by atoms with Crippen LogP contribution in [0.4, 0.5) is 11.4 Å². The van der Waals surface area contributed by atoms with Crippen LogP contribution in [-0.4, -0.2) is 19.1 Å². The zero-order chi connectivity index (χ0) is 14.8. The molecule has 0 aliphatic rings. The summed E-state index contributed by atoms with van der Waals surface area (Å²) >= 11 is 1.73. The maximum atomic E-state index is 4.52. The highest BCUT2D eigenvalue weighted by Crippen LogP contribution is 2.29. The monoisotopic (exact) mass is 297 g/mol. The van der Waals surface area contributed by atoms with Gasteiger partial charge in [-0.05, 0) is 42.1 Å². The highest BCUT2D eigenvalue weighted by atomic mass is 32.1. The molecule has 21 heavy (non-hydrogen) atoms. The summed E-state index contributed by atoms with van der Waals surface area (Å²) in [4.78, 5) is 6.64. The molecule has 1 N–H and O–H groups in total. The van der Waals surface area contributed by atoms with E-state index in [2.05, 4.69) is 78.0 Å². The number of aromatic nitrogens is 1. The van der Waals surface area contributed by atoms with Crippen LogP contribution in [0.2, 0.25) is 0 Å². The van der Waals surface area contributed by atoms with Crippen molar-refractivity contribution in [2.45, 2.75) is 13.0 Å². The smallest absolute Gasteiger partial charge is 0.0809 e. The largest absolute Gasteiger partial charge is 0.377 e. The van der Waals surface area contributed by atoms with Crippen LogP contribution in [0.15, 0.2) is 48.0 Å². The van der Waals surface area contributed by atoms with E-state index in [0.29, 0.717) is 0 Å². The van der Waals surface area contributed by atoms with Gasteiger partial charge in [0.25, 0.3) is 0 Å². The number of anilines is 2. The Kier molecular flexibility index (Phi) is 3.80. The van der Waals surface area contributed by atoms with Gasteiger partial charge in [0.2, 0.25) is 0 Å². The number of nitrogens with one attached hydrogen (secondary N) is 1. The summed E-state index contributed by atoms with van der Waals surface area (Å²) in [6.07, 6.45) is 1.96. The molecular weight excluding hydrogens is 278 g/mol. The van der Waals surface area contributed by atoms with E-state index in [0.717, 1.165) is 11.2 Å². The number of hydrogen-bond acceptors (Lipinski definition) is 4. The topological polar surface area (TPSA) is 28.2 Å². The van der Waals surface area contributed by atoms with E-state index in [9.17, 15) is 0 Å². The van der Waals surface area contributed by atoms with Crippen LogP contribution in [0.5, 0.6) is 0 Å². The van der Waals surface area contributed by atoms with Crippen LogP contribution in [-0.2, 0) is 0 Å². The van der Waals surface area contributed by atoms with Crippen molar-refractivity contribution >= 4 is 32.9 Å². The van der Waals surface area contributed by atoms with Crippen LogP contribution in [0, 0.1) is 0 Å². The van der Waals surface area contributed by atoms with Gasteiger partial charge in [0.05, 0.1) is 27.6 Å². The predicted octanol–water partition coefficient (Wildman–Crippen LogP) is 4.54. The van der Waals surface area contributed by atoms with Gasteiger partial charge in [-0.3, -0.25) is 4.98 Å². The Hall–Kier alpha value is -2.07. The summed E-state index contributed by atoms with van der Waals surface area (Å²) in [6, 6.07) is 12.9. The fraction of sp³-hybridized carbons (Fsp3) is 0.235. The van der Waals surface area contributed by atoms with Crippen LogP contribution < -0.4 is 10.2 Å². The summed E-state index contributed by atoms with van der Waals surface area (Å²) in [7, 11) is 4.12. The normalized spacial score (nSPS) is 12.3. The second kappa shape index (κ2) is 5.74. The van der Waals surface area contributed by atoms with Gasteiger partial charge in [0.15, 0.2) is 0 Å². The van der Waals surface area contributed by atoms with E-state index in [4.69, 9.17) is 0 Å². The second-order valence-corrected chi connectivity index (χ2v) is 6.30. The number of rotatable bonds is 4. The molecular formula is C17H19N3S. The van der Waals surface area contributed by atoms with E-state index >= 15 is 0 Å². The molecule has 0 spiro atoms. The van der Waals surface area contributed by atoms with E-state index in [1.54, 1.807) is 11.3 Å². The SMILES string of the molecule is CC(Nc1ccccc1N(C)C)c1cnc2ccsc2c1. The molecule has 1 aromatic carbocycles. The summed E-state index contributed by atoms with van der Waals surface area (Å²) < 4.78 is 1.24. The van der Waals surface area contributed by atoms with E-state index < -0.39 is 0 Å². The van der Waals surface area contributed by atoms with Crippen molar-refractivity contribution in [3.8, 4) is 0 Å². The number of nitrogens with zero attached hydrogens (tertiary/aromatic N) is 2. The molecule has 1 atom stereocenters. The highest BCUT2D eigenvalue weighted by Gasteiger charge is 2.10. The van der Waals surface area contributed by atoms with Crippen molar-refractivity contribution in [1.82, 2.24) is 4.98 Å². The quantitative estimate of drug-likeness (QED) is 0.766. The van der Waals surface area contributed by atoms with Gasteiger partial charge >= 0.3 is 0 Å². The molecule has 3 nitrogen and oxygen atoms in total. The average Bonchev–Trinajstić information content (AvgIpc) is 2.94. The van der Waals surface area contributed by atoms with E-state index in [-0.39, 0.29) is 6.04 Å². The lowest BCUT2D eigenvalue weighted by atomic mass is 10.1. The molecule has 0 aliphatic heterocycles. The van der Waals surface area contributed by atoms with Crippen LogP contribution in [0.3, 0.4) is 0 Å². The zero-order valence-corrected chi connectivity index (χ0v) is 13.3. The number of benzene rings is 1. The van der Waals surface area contributed by atoms with Crippen LogP contribution in [0.1, 0.15) is 18.5 Å². The molecule has 2 aromatic heterocycles. The fourth-order valence-corrected chi connectivity index (χ4v) is 3.19. The predicted molar refractivity (Wildman–Crippen MR) is 92.4 cm³/mol. The molecule has 0 fully saturated rings. The molecule has 0 amide bonds. The van der Waals surface area contributed by atoms with Crippen LogP contribution >= 0.6 is 11.3 Å². The van der Waals surface area contributed by atoms with Gasteiger partial charge in [0, 0.05) is 20.3 Å². The van der Waals surface area contributed by atoms with Crippen molar-refractivity contribution in [1.29, 1.82) is 0 Å². The molecule has 1 unspecified atom stereocenters. The summed E-state index contributed by atoms with van der Waals surface area (Å²) in [5.74, 6) is 0. The first-order valence-corrected chi connectivity index (χ1v) is 7.89. The maximum Gasteiger partial charge on any atom is 0.0809 e. The lowest BCUT2D eigenvalue weighted by Crippen LogP contribution is -2.14. The molecule has 3 aromatic rings. The Balaban J connectivity index is 1.87. The number of hydrogen-bond donors (Lipinski definition) is 1. The Morgan fingerprint density at radius 1 is 1.19 bits per heavy atom. The Labute approximate surface area is 129 Å². The van der Waals surface area contributed by atoms with Gasteiger partial charge in [-0.2, -0.15) is 0 Å². The standard InChI is InChI=1S/C17H19N3S/c1-12(13-10-17-15(18-11-13)8-9-21-17)19-14-6-4-5-7-16(14)20(2)3/h4-12,19H,1-3H3. The first-order chi connectivity index (χ1) is 10.1. The summed E-state index contributed by atoms with van der Waals surface area (Å²) in [5, 5.41) is 5.67. The third kappa shape index (κ3) is 2.85. The third-order valence-corrected chi connectivity index (χ3v) is 4.43. The number of pyridine rings is 1.